The predicted molar refractivity (Wildman–Crippen MR) is 50.0 cm³/mol. The Kier molecular flexibility index (Phi) is 2.34. The van der Waals surface area contributed by atoms with Crippen molar-refractivity contribution >= 4 is 16.8 Å². The third-order valence-electron chi connectivity index (χ3n) is 2.21. The normalized spacial score (nSPS) is 15.2. The van der Waals surface area contributed by atoms with Gasteiger partial charge in [-0.3, -0.25) is 4.79 Å². The molecular weight excluding hydrogens is 188 g/mol. The van der Waals surface area contributed by atoms with E-state index in [2.05, 4.69) is 0 Å². The van der Waals surface area contributed by atoms with Crippen LogP contribution in [0.5, 0.6) is 0 Å². The summed E-state index contributed by atoms with van der Waals surface area (Å²) in [5.74, 6) is 0. The Balaban J connectivity index is 2.40. The molecule has 0 fully saturated rings. The Morgan fingerprint density at radius 2 is 2.23 bits per heavy atom. The van der Waals surface area contributed by atoms with Crippen molar-refractivity contribution in [2.24, 2.45) is 0 Å². The minimum Gasteiger partial charge on any atom is -0.376 e. The van der Waals surface area contributed by atoms with E-state index in [-0.39, 0.29) is 0 Å². The molecule has 0 amide bonds. The largest absolute Gasteiger partial charge is 0.376 e. The highest BCUT2D eigenvalue weighted by atomic mass is 35.5. The Bertz CT molecular complexity index is 347. The molecule has 1 aliphatic rings. The standard InChI is InChI=1S/C10H9ClO2/c11-10(12)8-2-1-7-3-4-13-6-9(7)5-8/h1-2,5H,3-4,6H2. The highest BCUT2D eigenvalue weighted by molar-refractivity contribution is 6.67. The van der Waals surface area contributed by atoms with Gasteiger partial charge in [-0.05, 0) is 41.3 Å². The van der Waals surface area contributed by atoms with Gasteiger partial charge < -0.3 is 4.74 Å². The van der Waals surface area contributed by atoms with E-state index < -0.39 is 5.24 Å². The van der Waals surface area contributed by atoms with Crippen molar-refractivity contribution in [2.75, 3.05) is 6.61 Å². The second-order valence-corrected chi connectivity index (χ2v) is 3.40. The van der Waals surface area contributed by atoms with Crippen LogP contribution in [0.15, 0.2) is 18.2 Å². The zero-order valence-electron chi connectivity index (χ0n) is 7.05. The lowest BCUT2D eigenvalue weighted by Crippen LogP contribution is -2.10. The second kappa shape index (κ2) is 3.48. The summed E-state index contributed by atoms with van der Waals surface area (Å²) >= 11 is 5.37. The van der Waals surface area contributed by atoms with Crippen molar-refractivity contribution in [1.82, 2.24) is 0 Å². The summed E-state index contributed by atoms with van der Waals surface area (Å²) in [6.45, 7) is 1.36. The van der Waals surface area contributed by atoms with Gasteiger partial charge in [-0.1, -0.05) is 6.07 Å². The van der Waals surface area contributed by atoms with E-state index in [4.69, 9.17) is 16.3 Å². The summed E-state index contributed by atoms with van der Waals surface area (Å²) in [6, 6.07) is 5.52. The van der Waals surface area contributed by atoms with Crippen LogP contribution < -0.4 is 0 Å². The zero-order chi connectivity index (χ0) is 9.26. The average Bonchev–Trinajstić information content (AvgIpc) is 2.17. The van der Waals surface area contributed by atoms with E-state index >= 15 is 0 Å². The molecular formula is C10H9ClO2. The van der Waals surface area contributed by atoms with Gasteiger partial charge >= 0.3 is 0 Å². The van der Waals surface area contributed by atoms with Gasteiger partial charge in [0.2, 0.25) is 0 Å². The van der Waals surface area contributed by atoms with Crippen molar-refractivity contribution in [3.63, 3.8) is 0 Å². The maximum absolute atomic E-state index is 10.9. The fraction of sp³-hybridized carbons (Fsp3) is 0.300. The Labute approximate surface area is 81.5 Å². The monoisotopic (exact) mass is 196 g/mol. The molecule has 2 rings (SSSR count). The molecule has 0 aliphatic carbocycles. The number of rotatable bonds is 1. The van der Waals surface area contributed by atoms with Crippen LogP contribution in [0.25, 0.3) is 0 Å². The Hall–Kier alpha value is -0.860. The summed E-state index contributed by atoms with van der Waals surface area (Å²) in [6.07, 6.45) is 0.923. The summed E-state index contributed by atoms with van der Waals surface area (Å²) in [7, 11) is 0. The van der Waals surface area contributed by atoms with Gasteiger partial charge in [0.1, 0.15) is 0 Å². The minimum atomic E-state index is -0.409. The van der Waals surface area contributed by atoms with Crippen LogP contribution in [-0.4, -0.2) is 11.8 Å². The quantitative estimate of drug-likeness (QED) is 0.644. The van der Waals surface area contributed by atoms with Gasteiger partial charge in [0.15, 0.2) is 0 Å². The predicted octanol–water partition coefficient (Wildman–Crippen LogP) is 2.14. The number of halogens is 1. The highest BCUT2D eigenvalue weighted by Gasteiger charge is 2.11. The van der Waals surface area contributed by atoms with Gasteiger partial charge in [-0.15, -0.1) is 0 Å². The SMILES string of the molecule is O=C(Cl)c1ccc2c(c1)COCC2. The molecule has 2 nitrogen and oxygen atoms in total. The minimum absolute atomic E-state index is 0.409. The lowest BCUT2D eigenvalue weighted by molar-refractivity contribution is 0.107. The van der Waals surface area contributed by atoms with Crippen LogP contribution in [0.1, 0.15) is 21.5 Å². The second-order valence-electron chi connectivity index (χ2n) is 3.06. The van der Waals surface area contributed by atoms with Crippen LogP contribution in [-0.2, 0) is 17.8 Å². The first-order valence-electron chi connectivity index (χ1n) is 4.17. The number of carbonyl (C=O) groups excluding carboxylic acids is 1. The van der Waals surface area contributed by atoms with Gasteiger partial charge in [-0.2, -0.15) is 0 Å². The number of fused-ring (bicyclic) bond motifs is 1. The summed E-state index contributed by atoms with van der Waals surface area (Å²) < 4.78 is 5.28. The third-order valence-corrected chi connectivity index (χ3v) is 2.42. The first kappa shape index (κ1) is 8.73. The van der Waals surface area contributed by atoms with Crippen molar-refractivity contribution in [1.29, 1.82) is 0 Å². The van der Waals surface area contributed by atoms with E-state index in [0.717, 1.165) is 18.6 Å². The molecule has 0 atom stereocenters. The van der Waals surface area contributed by atoms with Crippen LogP contribution in [0.4, 0.5) is 0 Å². The van der Waals surface area contributed by atoms with Crippen molar-refractivity contribution < 1.29 is 9.53 Å². The third kappa shape index (κ3) is 1.74. The number of ether oxygens (including phenoxy) is 1. The van der Waals surface area contributed by atoms with Crippen LogP contribution in [0, 0.1) is 0 Å². The lowest BCUT2D eigenvalue weighted by Gasteiger charge is -2.16. The number of hydrogen-bond donors (Lipinski definition) is 0. The van der Waals surface area contributed by atoms with Crippen LogP contribution >= 0.6 is 11.6 Å². The molecule has 13 heavy (non-hydrogen) atoms. The van der Waals surface area contributed by atoms with E-state index in [1.807, 2.05) is 12.1 Å². The zero-order valence-corrected chi connectivity index (χ0v) is 7.80. The number of hydrogen-bond acceptors (Lipinski definition) is 2. The molecule has 0 aromatic heterocycles. The molecule has 0 bridgehead atoms. The highest BCUT2D eigenvalue weighted by Crippen LogP contribution is 2.19. The molecule has 1 heterocycles. The fourth-order valence-electron chi connectivity index (χ4n) is 1.49. The van der Waals surface area contributed by atoms with Gasteiger partial charge in [0, 0.05) is 5.56 Å². The molecule has 0 N–H and O–H groups in total. The topological polar surface area (TPSA) is 26.3 Å². The van der Waals surface area contributed by atoms with Crippen molar-refractivity contribution in [3.8, 4) is 0 Å². The molecule has 0 radical (unpaired) electrons. The van der Waals surface area contributed by atoms with E-state index in [1.54, 1.807) is 6.07 Å². The molecule has 0 unspecified atom stereocenters. The van der Waals surface area contributed by atoms with Crippen molar-refractivity contribution in [2.45, 2.75) is 13.0 Å². The summed E-state index contributed by atoms with van der Waals surface area (Å²) in [5, 5.41) is -0.409. The number of carbonyl (C=O) groups is 1. The first-order chi connectivity index (χ1) is 6.27. The summed E-state index contributed by atoms with van der Waals surface area (Å²) in [4.78, 5) is 10.9. The molecule has 1 aliphatic heterocycles. The van der Waals surface area contributed by atoms with Gasteiger partial charge in [-0.25, -0.2) is 0 Å². The maximum Gasteiger partial charge on any atom is 0.252 e. The van der Waals surface area contributed by atoms with Crippen LogP contribution in [0.2, 0.25) is 0 Å². The molecule has 3 heteroatoms. The van der Waals surface area contributed by atoms with Crippen LogP contribution in [0.3, 0.4) is 0 Å². The van der Waals surface area contributed by atoms with E-state index in [0.29, 0.717) is 12.2 Å². The average molecular weight is 197 g/mol. The molecule has 0 spiro atoms. The van der Waals surface area contributed by atoms with Gasteiger partial charge in [0.25, 0.3) is 5.24 Å². The van der Waals surface area contributed by atoms with E-state index in [9.17, 15) is 4.79 Å². The molecule has 0 saturated carbocycles. The summed E-state index contributed by atoms with van der Waals surface area (Å²) in [5.41, 5.74) is 2.89. The smallest absolute Gasteiger partial charge is 0.252 e. The first-order valence-corrected chi connectivity index (χ1v) is 4.54. The number of benzene rings is 1. The Morgan fingerprint density at radius 3 is 3.00 bits per heavy atom. The molecule has 68 valence electrons. The maximum atomic E-state index is 10.9. The molecule has 1 aromatic carbocycles. The molecule has 0 saturated heterocycles. The lowest BCUT2D eigenvalue weighted by atomic mass is 10.0. The van der Waals surface area contributed by atoms with E-state index in [1.165, 1.54) is 5.56 Å². The van der Waals surface area contributed by atoms with Gasteiger partial charge in [0.05, 0.1) is 13.2 Å². The molecule has 1 aromatic rings. The Morgan fingerprint density at radius 1 is 1.38 bits per heavy atom. The van der Waals surface area contributed by atoms with Crippen molar-refractivity contribution in [3.05, 3.63) is 34.9 Å². The fourth-order valence-corrected chi connectivity index (χ4v) is 1.61.